The minimum atomic E-state index is 0.115. The van der Waals surface area contributed by atoms with E-state index in [1.54, 1.807) is 6.07 Å². The molecular formula is C12H18N2OS. The van der Waals surface area contributed by atoms with Crippen LogP contribution in [0.25, 0.3) is 0 Å². The van der Waals surface area contributed by atoms with Crippen molar-refractivity contribution in [1.82, 2.24) is 4.90 Å². The Labute approximate surface area is 100 Å². The molecule has 0 saturated heterocycles. The lowest BCUT2D eigenvalue weighted by molar-refractivity contribution is 0.0728. The van der Waals surface area contributed by atoms with Gasteiger partial charge in [-0.3, -0.25) is 4.79 Å². The third kappa shape index (κ3) is 2.38. The van der Waals surface area contributed by atoms with Crippen LogP contribution in [0.1, 0.15) is 36.4 Å². The van der Waals surface area contributed by atoms with Crippen LogP contribution in [-0.2, 0) is 0 Å². The fourth-order valence-corrected chi connectivity index (χ4v) is 2.57. The maximum absolute atomic E-state index is 12.3. The van der Waals surface area contributed by atoms with Crippen LogP contribution >= 0.6 is 11.3 Å². The van der Waals surface area contributed by atoms with Crippen molar-refractivity contribution in [2.45, 2.75) is 32.7 Å². The summed E-state index contributed by atoms with van der Waals surface area (Å²) in [5.74, 6) is 0.620. The molecule has 1 heterocycles. The van der Waals surface area contributed by atoms with Crippen LogP contribution in [-0.4, -0.2) is 23.4 Å². The summed E-state index contributed by atoms with van der Waals surface area (Å²) in [6.07, 6.45) is 2.29. The second kappa shape index (κ2) is 4.45. The van der Waals surface area contributed by atoms with E-state index in [2.05, 4.69) is 13.8 Å². The fourth-order valence-electron chi connectivity index (χ4n) is 1.80. The van der Waals surface area contributed by atoms with E-state index >= 15 is 0 Å². The van der Waals surface area contributed by atoms with Crippen molar-refractivity contribution in [3.05, 3.63) is 16.3 Å². The van der Waals surface area contributed by atoms with E-state index in [4.69, 9.17) is 5.73 Å². The lowest BCUT2D eigenvalue weighted by Gasteiger charge is -2.24. The maximum atomic E-state index is 12.3. The number of amides is 1. The normalized spacial score (nSPS) is 15.4. The van der Waals surface area contributed by atoms with E-state index in [0.717, 1.165) is 19.4 Å². The molecule has 2 N–H and O–H groups in total. The summed E-state index contributed by atoms with van der Waals surface area (Å²) in [5, 5.41) is 1.88. The molecule has 1 aromatic rings. The summed E-state index contributed by atoms with van der Waals surface area (Å²) in [5.41, 5.74) is 6.41. The van der Waals surface area contributed by atoms with E-state index in [0.29, 0.717) is 22.5 Å². The van der Waals surface area contributed by atoms with E-state index in [1.807, 2.05) is 10.3 Å². The highest BCUT2D eigenvalue weighted by atomic mass is 32.1. The van der Waals surface area contributed by atoms with Gasteiger partial charge in [-0.15, -0.1) is 11.3 Å². The number of hydrogen-bond acceptors (Lipinski definition) is 3. The van der Waals surface area contributed by atoms with Gasteiger partial charge in [-0.25, -0.2) is 0 Å². The number of hydrogen-bond donors (Lipinski definition) is 1. The molecule has 0 atom stereocenters. The first-order valence-corrected chi connectivity index (χ1v) is 6.61. The average molecular weight is 238 g/mol. The van der Waals surface area contributed by atoms with Crippen molar-refractivity contribution in [3.8, 4) is 0 Å². The van der Waals surface area contributed by atoms with Crippen molar-refractivity contribution < 1.29 is 4.79 Å². The highest BCUT2D eigenvalue weighted by Gasteiger charge is 2.34. The lowest BCUT2D eigenvalue weighted by Crippen LogP contribution is -2.36. The standard InChI is InChI=1S/C12H18N2OS/c1-8(2)7-14(9-3-4-9)12(15)11-10(13)5-6-16-11/h5-6,8-9H,3-4,7,13H2,1-2H3. The van der Waals surface area contributed by atoms with Crippen molar-refractivity contribution >= 4 is 22.9 Å². The predicted octanol–water partition coefficient (Wildman–Crippen LogP) is 2.59. The molecule has 0 spiro atoms. The summed E-state index contributed by atoms with van der Waals surface area (Å²) in [7, 11) is 0. The van der Waals surface area contributed by atoms with Crippen LogP contribution in [0.15, 0.2) is 11.4 Å². The van der Waals surface area contributed by atoms with Crippen LogP contribution < -0.4 is 5.73 Å². The summed E-state index contributed by atoms with van der Waals surface area (Å²) in [6, 6.07) is 2.26. The summed E-state index contributed by atoms with van der Waals surface area (Å²) >= 11 is 1.44. The topological polar surface area (TPSA) is 46.3 Å². The Balaban J connectivity index is 2.14. The van der Waals surface area contributed by atoms with Crippen molar-refractivity contribution in [2.24, 2.45) is 5.92 Å². The molecule has 1 saturated carbocycles. The van der Waals surface area contributed by atoms with Crippen LogP contribution in [0.3, 0.4) is 0 Å². The third-order valence-electron chi connectivity index (χ3n) is 2.70. The van der Waals surface area contributed by atoms with E-state index in [-0.39, 0.29) is 5.91 Å². The minimum Gasteiger partial charge on any atom is -0.397 e. The van der Waals surface area contributed by atoms with Gasteiger partial charge in [-0.1, -0.05) is 13.8 Å². The Kier molecular flexibility index (Phi) is 3.19. The smallest absolute Gasteiger partial charge is 0.266 e. The molecule has 1 aromatic heterocycles. The molecular weight excluding hydrogens is 220 g/mol. The molecule has 0 radical (unpaired) electrons. The van der Waals surface area contributed by atoms with Gasteiger partial charge in [0.1, 0.15) is 4.88 Å². The average Bonchev–Trinajstić information content (AvgIpc) is 2.97. The van der Waals surface area contributed by atoms with Gasteiger partial charge >= 0.3 is 0 Å². The second-order valence-corrected chi connectivity index (χ2v) is 5.70. The van der Waals surface area contributed by atoms with Gasteiger partial charge in [0.25, 0.3) is 5.91 Å². The molecule has 1 fully saturated rings. The van der Waals surface area contributed by atoms with Gasteiger partial charge in [0.05, 0.1) is 5.69 Å². The lowest BCUT2D eigenvalue weighted by atomic mass is 10.2. The van der Waals surface area contributed by atoms with Gasteiger partial charge in [-0.05, 0) is 30.2 Å². The van der Waals surface area contributed by atoms with E-state index < -0.39 is 0 Å². The first-order valence-electron chi connectivity index (χ1n) is 5.73. The van der Waals surface area contributed by atoms with Crippen molar-refractivity contribution in [2.75, 3.05) is 12.3 Å². The molecule has 1 aliphatic rings. The van der Waals surface area contributed by atoms with Gasteiger partial charge < -0.3 is 10.6 Å². The number of nitrogens with zero attached hydrogens (tertiary/aromatic N) is 1. The molecule has 16 heavy (non-hydrogen) atoms. The number of carbonyl (C=O) groups excluding carboxylic acids is 1. The highest BCUT2D eigenvalue weighted by Crippen LogP contribution is 2.31. The summed E-state index contributed by atoms with van der Waals surface area (Å²) in [6.45, 7) is 5.11. The van der Waals surface area contributed by atoms with Crippen LogP contribution in [0.5, 0.6) is 0 Å². The zero-order valence-corrected chi connectivity index (χ0v) is 10.6. The first-order chi connectivity index (χ1) is 7.59. The Morgan fingerprint density at radius 2 is 2.31 bits per heavy atom. The second-order valence-electron chi connectivity index (χ2n) is 4.79. The molecule has 1 amide bonds. The molecule has 0 aliphatic heterocycles. The molecule has 3 nitrogen and oxygen atoms in total. The van der Waals surface area contributed by atoms with Gasteiger partial charge in [-0.2, -0.15) is 0 Å². The zero-order chi connectivity index (χ0) is 11.7. The Hall–Kier alpha value is -1.03. The zero-order valence-electron chi connectivity index (χ0n) is 9.77. The van der Waals surface area contributed by atoms with Gasteiger partial charge in [0.15, 0.2) is 0 Å². The van der Waals surface area contributed by atoms with Gasteiger partial charge in [0, 0.05) is 12.6 Å². The number of thiophene rings is 1. The molecule has 1 aliphatic carbocycles. The highest BCUT2D eigenvalue weighted by molar-refractivity contribution is 7.12. The van der Waals surface area contributed by atoms with Crippen LogP contribution in [0, 0.1) is 5.92 Å². The number of nitrogen functional groups attached to an aromatic ring is 1. The Bertz CT molecular complexity index is 382. The summed E-state index contributed by atoms with van der Waals surface area (Å²) in [4.78, 5) is 15.0. The molecule has 0 aromatic carbocycles. The quantitative estimate of drug-likeness (QED) is 0.876. The van der Waals surface area contributed by atoms with Gasteiger partial charge in [0.2, 0.25) is 0 Å². The summed E-state index contributed by atoms with van der Waals surface area (Å²) < 4.78 is 0. The first kappa shape index (κ1) is 11.5. The number of nitrogens with two attached hydrogens (primary N) is 1. The maximum Gasteiger partial charge on any atom is 0.266 e. The third-order valence-corrected chi connectivity index (χ3v) is 3.62. The van der Waals surface area contributed by atoms with Crippen LogP contribution in [0.2, 0.25) is 0 Å². The predicted molar refractivity (Wildman–Crippen MR) is 67.6 cm³/mol. The SMILES string of the molecule is CC(C)CN(C(=O)c1sccc1N)C1CC1. The molecule has 88 valence electrons. The van der Waals surface area contributed by atoms with Crippen molar-refractivity contribution in [1.29, 1.82) is 0 Å². The molecule has 4 heteroatoms. The van der Waals surface area contributed by atoms with Crippen molar-refractivity contribution in [3.63, 3.8) is 0 Å². The number of carbonyl (C=O) groups is 1. The molecule has 0 unspecified atom stereocenters. The monoisotopic (exact) mass is 238 g/mol. The molecule has 2 rings (SSSR count). The largest absolute Gasteiger partial charge is 0.397 e. The van der Waals surface area contributed by atoms with E-state index in [1.165, 1.54) is 11.3 Å². The minimum absolute atomic E-state index is 0.115. The van der Waals surface area contributed by atoms with E-state index in [9.17, 15) is 4.79 Å². The Morgan fingerprint density at radius 3 is 2.75 bits per heavy atom. The van der Waals surface area contributed by atoms with Crippen LogP contribution in [0.4, 0.5) is 5.69 Å². The number of rotatable bonds is 4. The number of anilines is 1. The fraction of sp³-hybridized carbons (Fsp3) is 0.583. The molecule has 0 bridgehead atoms. The Morgan fingerprint density at radius 1 is 1.62 bits per heavy atom.